The van der Waals surface area contributed by atoms with E-state index in [1.165, 1.54) is 257 Å². The minimum absolute atomic E-state index is 0.0610. The van der Waals surface area contributed by atoms with E-state index in [1.807, 2.05) is 0 Å². The van der Waals surface area contributed by atoms with E-state index in [1.54, 1.807) is 0 Å². The third-order valence-corrected chi connectivity index (χ3v) is 14.1. The highest BCUT2D eigenvalue weighted by atomic mass is 16.6. The van der Waals surface area contributed by atoms with Crippen molar-refractivity contribution < 1.29 is 28.6 Å². The van der Waals surface area contributed by atoms with Gasteiger partial charge in [-0.05, 0) is 19.3 Å². The molecule has 0 bridgehead atoms. The maximum atomic E-state index is 12.8. The van der Waals surface area contributed by atoms with Crippen LogP contribution in [0.1, 0.15) is 355 Å². The quantitative estimate of drug-likeness (QED) is 0.0343. The Kier molecular flexibility index (Phi) is 55.6. The molecule has 0 aromatic rings. The fraction of sp³-hybridized carbons (Fsp3) is 0.951. The van der Waals surface area contributed by atoms with Crippen LogP contribution in [0.3, 0.4) is 0 Å². The van der Waals surface area contributed by atoms with Crippen molar-refractivity contribution in [1.82, 2.24) is 0 Å². The van der Waals surface area contributed by atoms with Gasteiger partial charge in [0.05, 0.1) is 0 Å². The van der Waals surface area contributed by atoms with E-state index < -0.39 is 6.10 Å². The van der Waals surface area contributed by atoms with Crippen LogP contribution >= 0.6 is 0 Å². The van der Waals surface area contributed by atoms with Crippen LogP contribution in [0.25, 0.3) is 0 Å². The van der Waals surface area contributed by atoms with Gasteiger partial charge in [-0.3, -0.25) is 14.4 Å². The molecule has 0 saturated carbocycles. The third-order valence-electron chi connectivity index (χ3n) is 14.1. The van der Waals surface area contributed by atoms with Crippen molar-refractivity contribution in [3.63, 3.8) is 0 Å². The van der Waals surface area contributed by atoms with E-state index in [0.29, 0.717) is 19.3 Å². The van der Waals surface area contributed by atoms with Gasteiger partial charge in [0.15, 0.2) is 6.10 Å². The number of unbranched alkanes of at least 4 members (excludes halogenated alkanes) is 46. The first-order chi connectivity index (χ1) is 33.0. The zero-order chi connectivity index (χ0) is 48.6. The van der Waals surface area contributed by atoms with Crippen LogP contribution in [0.2, 0.25) is 0 Å². The lowest BCUT2D eigenvalue weighted by molar-refractivity contribution is -0.167. The Bertz CT molecular complexity index is 998. The minimum atomic E-state index is -0.761. The van der Waals surface area contributed by atoms with Crippen molar-refractivity contribution >= 4 is 17.9 Å². The summed E-state index contributed by atoms with van der Waals surface area (Å²) in [6.45, 7) is 6.71. The number of hydrogen-bond acceptors (Lipinski definition) is 6. The van der Waals surface area contributed by atoms with Gasteiger partial charge in [0, 0.05) is 19.3 Å². The standard InChI is InChI=1S/C61H118O6/c1-4-7-10-13-16-19-22-24-26-27-28-29-30-31-32-33-35-36-39-42-45-48-51-54-60(63)66-57-58(56-65-59(62)53-50-47-44-41-38-21-18-15-12-9-6-3)67-61(64)55-52-49-46-43-40-37-34-25-23-20-17-14-11-8-5-2/h58H,4-57H2,1-3H3. The molecular formula is C61H118O6. The van der Waals surface area contributed by atoms with E-state index in [9.17, 15) is 14.4 Å². The van der Waals surface area contributed by atoms with Crippen LogP contribution in [-0.2, 0) is 28.6 Å². The van der Waals surface area contributed by atoms with E-state index in [0.717, 1.165) is 57.8 Å². The molecule has 0 heterocycles. The first-order valence-electron chi connectivity index (χ1n) is 30.5. The van der Waals surface area contributed by atoms with Crippen LogP contribution in [0.5, 0.6) is 0 Å². The maximum Gasteiger partial charge on any atom is 0.306 e. The Morgan fingerprint density at radius 3 is 0.597 bits per heavy atom. The third kappa shape index (κ3) is 55.2. The highest BCUT2D eigenvalue weighted by Crippen LogP contribution is 2.18. The predicted octanol–water partition coefficient (Wildman–Crippen LogP) is 20.3. The highest BCUT2D eigenvalue weighted by Gasteiger charge is 2.19. The highest BCUT2D eigenvalue weighted by molar-refractivity contribution is 5.71. The maximum absolute atomic E-state index is 12.8. The molecule has 0 N–H and O–H groups in total. The SMILES string of the molecule is CCCCCCCCCCCCCCCCCCCCCCCCCC(=O)OCC(COC(=O)CCCCCCCCCCCCC)OC(=O)CCCCCCCCCCCCCCCCC. The number of rotatable bonds is 57. The second kappa shape index (κ2) is 57.0. The molecule has 398 valence electrons. The molecule has 0 aliphatic carbocycles. The van der Waals surface area contributed by atoms with Crippen LogP contribution in [-0.4, -0.2) is 37.2 Å². The first kappa shape index (κ1) is 65.4. The Balaban J connectivity index is 4.17. The molecule has 1 unspecified atom stereocenters. The van der Waals surface area contributed by atoms with Crippen LogP contribution < -0.4 is 0 Å². The van der Waals surface area contributed by atoms with Gasteiger partial charge < -0.3 is 14.2 Å². The lowest BCUT2D eigenvalue weighted by Gasteiger charge is -2.18. The largest absolute Gasteiger partial charge is 0.462 e. The Morgan fingerprint density at radius 2 is 0.403 bits per heavy atom. The van der Waals surface area contributed by atoms with Gasteiger partial charge in [0.25, 0.3) is 0 Å². The second-order valence-electron chi connectivity index (χ2n) is 21.0. The normalized spacial score (nSPS) is 11.9. The summed E-state index contributed by atoms with van der Waals surface area (Å²) in [6, 6.07) is 0. The van der Waals surface area contributed by atoms with Crippen molar-refractivity contribution in [3.8, 4) is 0 Å². The molecule has 0 aromatic carbocycles. The molecule has 0 aliphatic rings. The molecule has 67 heavy (non-hydrogen) atoms. The molecule has 0 spiro atoms. The average Bonchev–Trinajstić information content (AvgIpc) is 3.33. The van der Waals surface area contributed by atoms with Crippen LogP contribution in [0.4, 0.5) is 0 Å². The van der Waals surface area contributed by atoms with Crippen molar-refractivity contribution in [2.75, 3.05) is 13.2 Å². The molecule has 0 aromatic heterocycles. The second-order valence-corrected chi connectivity index (χ2v) is 21.0. The van der Waals surface area contributed by atoms with Gasteiger partial charge >= 0.3 is 17.9 Å². The topological polar surface area (TPSA) is 78.9 Å². The number of carbonyl (C=O) groups is 3. The molecule has 6 nitrogen and oxygen atoms in total. The lowest BCUT2D eigenvalue weighted by Crippen LogP contribution is -2.30. The van der Waals surface area contributed by atoms with Crippen LogP contribution in [0, 0.1) is 0 Å². The number of esters is 3. The van der Waals surface area contributed by atoms with Crippen molar-refractivity contribution in [2.45, 2.75) is 361 Å². The predicted molar refractivity (Wildman–Crippen MR) is 289 cm³/mol. The molecule has 0 radical (unpaired) electrons. The summed E-state index contributed by atoms with van der Waals surface area (Å²) in [7, 11) is 0. The van der Waals surface area contributed by atoms with Crippen LogP contribution in [0.15, 0.2) is 0 Å². The molecule has 0 saturated heterocycles. The molecule has 0 fully saturated rings. The summed E-state index contributed by atoms with van der Waals surface area (Å²) in [5.41, 5.74) is 0. The zero-order valence-electron chi connectivity index (χ0n) is 45.7. The van der Waals surface area contributed by atoms with Crippen molar-refractivity contribution in [3.05, 3.63) is 0 Å². The summed E-state index contributed by atoms with van der Waals surface area (Å²) in [6.07, 6.45) is 63.9. The first-order valence-corrected chi connectivity index (χ1v) is 30.5. The van der Waals surface area contributed by atoms with Crippen molar-refractivity contribution in [1.29, 1.82) is 0 Å². The minimum Gasteiger partial charge on any atom is -0.462 e. The smallest absolute Gasteiger partial charge is 0.306 e. The summed E-state index contributed by atoms with van der Waals surface area (Å²) in [4.78, 5) is 38.1. The monoisotopic (exact) mass is 947 g/mol. The summed E-state index contributed by atoms with van der Waals surface area (Å²) < 4.78 is 16.9. The molecule has 0 rings (SSSR count). The van der Waals surface area contributed by atoms with Gasteiger partial charge in [-0.15, -0.1) is 0 Å². The fourth-order valence-corrected chi connectivity index (χ4v) is 9.51. The van der Waals surface area contributed by atoms with Gasteiger partial charge in [0.1, 0.15) is 13.2 Å². The summed E-state index contributed by atoms with van der Waals surface area (Å²) >= 11 is 0. The van der Waals surface area contributed by atoms with Gasteiger partial charge in [-0.25, -0.2) is 0 Å². The average molecular weight is 948 g/mol. The molecule has 1 atom stereocenters. The Labute approximate surface area is 418 Å². The number of hydrogen-bond donors (Lipinski definition) is 0. The Morgan fingerprint density at radius 1 is 0.239 bits per heavy atom. The van der Waals surface area contributed by atoms with E-state index in [4.69, 9.17) is 14.2 Å². The van der Waals surface area contributed by atoms with E-state index >= 15 is 0 Å². The fourth-order valence-electron chi connectivity index (χ4n) is 9.51. The van der Waals surface area contributed by atoms with Gasteiger partial charge in [-0.2, -0.15) is 0 Å². The number of ether oxygens (including phenoxy) is 3. The van der Waals surface area contributed by atoms with Crippen molar-refractivity contribution in [2.24, 2.45) is 0 Å². The number of carbonyl (C=O) groups excluding carboxylic acids is 3. The van der Waals surface area contributed by atoms with E-state index in [2.05, 4.69) is 20.8 Å². The zero-order valence-corrected chi connectivity index (χ0v) is 45.7. The van der Waals surface area contributed by atoms with E-state index in [-0.39, 0.29) is 31.1 Å². The summed E-state index contributed by atoms with van der Waals surface area (Å²) in [5.74, 6) is -0.832. The van der Waals surface area contributed by atoms with Gasteiger partial charge in [0.2, 0.25) is 0 Å². The van der Waals surface area contributed by atoms with Gasteiger partial charge in [-0.1, -0.05) is 316 Å². The summed E-state index contributed by atoms with van der Waals surface area (Å²) in [5, 5.41) is 0. The Hall–Kier alpha value is -1.59. The molecule has 6 heteroatoms. The molecule has 0 aliphatic heterocycles. The molecular weight excluding hydrogens is 829 g/mol. The molecule has 0 amide bonds. The lowest BCUT2D eigenvalue weighted by atomic mass is 10.0.